The Morgan fingerprint density at radius 3 is 2.86 bits per heavy atom. The van der Waals surface area contributed by atoms with Crippen molar-refractivity contribution in [2.75, 3.05) is 19.7 Å². The van der Waals surface area contributed by atoms with Crippen LogP contribution >= 0.6 is 0 Å². The quantitative estimate of drug-likeness (QED) is 0.861. The van der Waals surface area contributed by atoms with Crippen LogP contribution in [0.5, 0.6) is 0 Å². The molecule has 2 aliphatic heterocycles. The maximum absolute atomic E-state index is 11.0. The molecular weight excluding hydrogens is 268 g/mol. The predicted octanol–water partition coefficient (Wildman–Crippen LogP) is 2.57. The monoisotopic (exact) mass is 286 g/mol. The molecule has 1 aromatic rings. The van der Waals surface area contributed by atoms with E-state index >= 15 is 0 Å². The standard InChI is InChI=1S/C16H18N2O3/c17-10-12-2-1-3-13(8-12)14-9-16(21-11-14)4-6-18(7-5-16)15(19)20/h1-3,8,14H,4-7,9,11H2,(H,19,20)/t14-/m0/s1. The van der Waals surface area contributed by atoms with E-state index in [0.717, 1.165) is 24.8 Å². The first-order valence-electron chi connectivity index (χ1n) is 7.24. The van der Waals surface area contributed by atoms with Crippen LogP contribution in [0.3, 0.4) is 0 Å². The molecule has 1 amide bonds. The second-order valence-corrected chi connectivity index (χ2v) is 5.90. The zero-order chi connectivity index (χ0) is 14.9. The zero-order valence-corrected chi connectivity index (χ0v) is 11.8. The number of nitriles is 1. The molecule has 21 heavy (non-hydrogen) atoms. The number of hydrogen-bond donors (Lipinski definition) is 1. The highest BCUT2D eigenvalue weighted by Crippen LogP contribution is 2.42. The number of benzene rings is 1. The molecule has 1 atom stereocenters. The van der Waals surface area contributed by atoms with Gasteiger partial charge in [-0.15, -0.1) is 0 Å². The summed E-state index contributed by atoms with van der Waals surface area (Å²) in [5, 5.41) is 18.0. The van der Waals surface area contributed by atoms with E-state index in [1.165, 1.54) is 4.90 Å². The van der Waals surface area contributed by atoms with Crippen molar-refractivity contribution in [1.29, 1.82) is 5.26 Å². The highest BCUT2D eigenvalue weighted by Gasteiger charge is 2.43. The lowest BCUT2D eigenvalue weighted by molar-refractivity contribution is -0.0394. The summed E-state index contributed by atoms with van der Waals surface area (Å²) in [6, 6.07) is 9.85. The van der Waals surface area contributed by atoms with E-state index in [4.69, 9.17) is 15.1 Å². The molecule has 5 nitrogen and oxygen atoms in total. The van der Waals surface area contributed by atoms with Gasteiger partial charge in [-0.1, -0.05) is 12.1 Å². The van der Waals surface area contributed by atoms with Crippen molar-refractivity contribution in [2.45, 2.75) is 30.8 Å². The fourth-order valence-corrected chi connectivity index (χ4v) is 3.37. The molecule has 5 heteroatoms. The molecule has 0 unspecified atom stereocenters. The van der Waals surface area contributed by atoms with Crippen LogP contribution in [0.4, 0.5) is 4.79 Å². The molecule has 2 saturated heterocycles. The highest BCUT2D eigenvalue weighted by molar-refractivity contribution is 5.65. The molecule has 1 N–H and O–H groups in total. The summed E-state index contributed by atoms with van der Waals surface area (Å²) < 4.78 is 6.05. The Balaban J connectivity index is 1.68. The number of hydrogen-bond acceptors (Lipinski definition) is 3. The summed E-state index contributed by atoms with van der Waals surface area (Å²) >= 11 is 0. The molecule has 110 valence electrons. The number of carboxylic acid groups (broad SMARTS) is 1. The number of ether oxygens (including phenoxy) is 1. The van der Waals surface area contributed by atoms with Gasteiger partial charge in [0.05, 0.1) is 23.8 Å². The van der Waals surface area contributed by atoms with Crippen LogP contribution in [0.1, 0.15) is 36.3 Å². The van der Waals surface area contributed by atoms with Crippen molar-refractivity contribution >= 4 is 6.09 Å². The maximum Gasteiger partial charge on any atom is 0.407 e. The van der Waals surface area contributed by atoms with Crippen molar-refractivity contribution in [2.24, 2.45) is 0 Å². The minimum Gasteiger partial charge on any atom is -0.465 e. The Bertz CT molecular complexity index is 585. The van der Waals surface area contributed by atoms with Gasteiger partial charge in [-0.3, -0.25) is 0 Å². The van der Waals surface area contributed by atoms with Crippen molar-refractivity contribution in [3.63, 3.8) is 0 Å². The summed E-state index contributed by atoms with van der Waals surface area (Å²) in [6.45, 7) is 1.74. The van der Waals surface area contributed by atoms with E-state index in [0.29, 0.717) is 31.2 Å². The molecule has 3 rings (SSSR count). The Kier molecular flexibility index (Phi) is 3.56. The summed E-state index contributed by atoms with van der Waals surface area (Å²) in [4.78, 5) is 12.4. The summed E-state index contributed by atoms with van der Waals surface area (Å²) in [5.41, 5.74) is 1.64. The van der Waals surface area contributed by atoms with Gasteiger partial charge in [0, 0.05) is 19.0 Å². The SMILES string of the molecule is N#Cc1cccc([C@@H]2COC3(CCN(C(=O)O)CC3)C2)c1. The van der Waals surface area contributed by atoms with Gasteiger partial charge in [-0.05, 0) is 37.0 Å². The van der Waals surface area contributed by atoms with Crippen molar-refractivity contribution in [3.8, 4) is 6.07 Å². The summed E-state index contributed by atoms with van der Waals surface area (Å²) in [5.74, 6) is 0.301. The molecule has 0 aliphatic carbocycles. The van der Waals surface area contributed by atoms with Crippen molar-refractivity contribution < 1.29 is 14.6 Å². The molecular formula is C16H18N2O3. The fraction of sp³-hybridized carbons (Fsp3) is 0.500. The van der Waals surface area contributed by atoms with Crippen LogP contribution < -0.4 is 0 Å². The van der Waals surface area contributed by atoms with Crippen LogP contribution in [0.25, 0.3) is 0 Å². The molecule has 1 aromatic carbocycles. The molecule has 0 saturated carbocycles. The molecule has 2 fully saturated rings. The van der Waals surface area contributed by atoms with Crippen molar-refractivity contribution in [1.82, 2.24) is 4.90 Å². The first-order chi connectivity index (χ1) is 10.1. The number of rotatable bonds is 1. The smallest absolute Gasteiger partial charge is 0.407 e. The second kappa shape index (κ2) is 5.38. The van der Waals surface area contributed by atoms with Gasteiger partial charge in [0.2, 0.25) is 0 Å². The lowest BCUT2D eigenvalue weighted by atomic mass is 9.83. The lowest BCUT2D eigenvalue weighted by Gasteiger charge is -2.37. The Labute approximate surface area is 123 Å². The minimum atomic E-state index is -0.846. The van der Waals surface area contributed by atoms with Crippen LogP contribution in [-0.4, -0.2) is 41.4 Å². The van der Waals surface area contributed by atoms with Crippen LogP contribution in [0.15, 0.2) is 24.3 Å². The van der Waals surface area contributed by atoms with Gasteiger partial charge in [0.15, 0.2) is 0 Å². The molecule has 1 spiro atoms. The van der Waals surface area contributed by atoms with Crippen LogP contribution in [-0.2, 0) is 4.74 Å². The zero-order valence-electron chi connectivity index (χ0n) is 11.8. The molecule has 2 aliphatic rings. The number of carbonyl (C=O) groups is 1. The topological polar surface area (TPSA) is 73.6 Å². The third-order valence-corrected chi connectivity index (χ3v) is 4.64. The third kappa shape index (κ3) is 2.72. The number of amides is 1. The number of likely N-dealkylation sites (tertiary alicyclic amines) is 1. The van der Waals surface area contributed by atoms with Gasteiger partial charge in [0.1, 0.15) is 0 Å². The first kappa shape index (κ1) is 13.9. The highest BCUT2D eigenvalue weighted by atomic mass is 16.5. The fourth-order valence-electron chi connectivity index (χ4n) is 3.37. The van der Waals surface area contributed by atoms with Crippen molar-refractivity contribution in [3.05, 3.63) is 35.4 Å². The van der Waals surface area contributed by atoms with E-state index in [-0.39, 0.29) is 5.60 Å². The Morgan fingerprint density at radius 2 is 2.19 bits per heavy atom. The normalized spacial score (nSPS) is 24.0. The average molecular weight is 286 g/mol. The Hall–Kier alpha value is -2.06. The van der Waals surface area contributed by atoms with E-state index in [2.05, 4.69) is 6.07 Å². The number of nitrogens with zero attached hydrogens (tertiary/aromatic N) is 2. The largest absolute Gasteiger partial charge is 0.465 e. The van der Waals surface area contributed by atoms with Gasteiger partial charge >= 0.3 is 6.09 Å². The average Bonchev–Trinajstić information content (AvgIpc) is 2.92. The van der Waals surface area contributed by atoms with Crippen LogP contribution in [0, 0.1) is 11.3 Å². The van der Waals surface area contributed by atoms with E-state index in [1.54, 1.807) is 6.07 Å². The summed E-state index contributed by atoms with van der Waals surface area (Å²) in [6.07, 6.45) is 1.58. The molecule has 0 radical (unpaired) electrons. The number of piperidine rings is 1. The maximum atomic E-state index is 11.0. The van der Waals surface area contributed by atoms with Crippen LogP contribution in [0.2, 0.25) is 0 Å². The van der Waals surface area contributed by atoms with Gasteiger partial charge < -0.3 is 14.7 Å². The lowest BCUT2D eigenvalue weighted by Crippen LogP contribution is -2.45. The molecule has 2 heterocycles. The van der Waals surface area contributed by atoms with E-state index in [1.807, 2.05) is 18.2 Å². The third-order valence-electron chi connectivity index (χ3n) is 4.64. The second-order valence-electron chi connectivity index (χ2n) is 5.90. The minimum absolute atomic E-state index is 0.181. The van der Waals surface area contributed by atoms with E-state index in [9.17, 15) is 4.79 Å². The van der Waals surface area contributed by atoms with E-state index < -0.39 is 6.09 Å². The summed E-state index contributed by atoms with van der Waals surface area (Å²) in [7, 11) is 0. The Morgan fingerprint density at radius 1 is 1.43 bits per heavy atom. The van der Waals surface area contributed by atoms with Gasteiger partial charge in [-0.2, -0.15) is 5.26 Å². The molecule has 0 aromatic heterocycles. The van der Waals surface area contributed by atoms with Gasteiger partial charge in [0.25, 0.3) is 0 Å². The first-order valence-corrected chi connectivity index (χ1v) is 7.24. The predicted molar refractivity (Wildman–Crippen MR) is 76.0 cm³/mol. The molecule has 0 bridgehead atoms. The van der Waals surface area contributed by atoms with Gasteiger partial charge in [-0.25, -0.2) is 4.79 Å².